The summed E-state index contributed by atoms with van der Waals surface area (Å²) in [4.78, 5) is 34.4. The zero-order valence-corrected chi connectivity index (χ0v) is 12.4. The highest BCUT2D eigenvalue weighted by Gasteiger charge is 2.10. The van der Waals surface area contributed by atoms with E-state index in [4.69, 9.17) is 0 Å². The Balaban J connectivity index is 2.47. The van der Waals surface area contributed by atoms with Crippen LogP contribution in [0, 0.1) is 5.92 Å². The first-order chi connectivity index (χ1) is 9.92. The molecule has 0 aliphatic carbocycles. The van der Waals surface area contributed by atoms with Crippen molar-refractivity contribution in [2.75, 3.05) is 19.0 Å². The lowest BCUT2D eigenvalue weighted by Crippen LogP contribution is -2.30. The number of ether oxygens (including phenoxy) is 1. The Morgan fingerprint density at radius 2 is 1.71 bits per heavy atom. The summed E-state index contributed by atoms with van der Waals surface area (Å²) in [6.45, 7) is 4.49. The number of hydrogen-bond acceptors (Lipinski definition) is 4. The minimum Gasteiger partial charge on any atom is -0.465 e. The van der Waals surface area contributed by atoms with Crippen molar-refractivity contribution in [2.24, 2.45) is 5.92 Å². The summed E-state index contributed by atoms with van der Waals surface area (Å²) in [7, 11) is 1.30. The van der Waals surface area contributed by atoms with Gasteiger partial charge in [0.2, 0.25) is 11.8 Å². The molecule has 0 unspecified atom stereocenters. The zero-order valence-electron chi connectivity index (χ0n) is 12.4. The highest BCUT2D eigenvalue weighted by atomic mass is 16.5. The Hall–Kier alpha value is -2.37. The molecule has 0 bridgehead atoms. The van der Waals surface area contributed by atoms with Gasteiger partial charge in [0.05, 0.1) is 12.7 Å². The third-order valence-electron chi connectivity index (χ3n) is 2.62. The maximum atomic E-state index is 11.7. The third kappa shape index (κ3) is 6.07. The molecule has 0 aliphatic rings. The van der Waals surface area contributed by atoms with E-state index in [0.29, 0.717) is 23.7 Å². The lowest BCUT2D eigenvalue weighted by molar-refractivity contribution is -0.126. The number of carbonyl (C=O) groups is 3. The van der Waals surface area contributed by atoms with Crippen LogP contribution in [0.15, 0.2) is 24.3 Å². The number of nitrogens with one attached hydrogen (secondary N) is 2. The summed E-state index contributed by atoms with van der Waals surface area (Å²) in [5, 5.41) is 5.26. The van der Waals surface area contributed by atoms with Crippen LogP contribution < -0.4 is 10.6 Å². The van der Waals surface area contributed by atoms with Gasteiger partial charge in [-0.15, -0.1) is 0 Å². The smallest absolute Gasteiger partial charge is 0.337 e. The molecule has 1 rings (SSSR count). The first-order valence-electron chi connectivity index (χ1n) is 6.67. The SMILES string of the molecule is COC(=O)c1ccc(NC(=O)CC(=O)NCC(C)C)cc1. The van der Waals surface area contributed by atoms with Gasteiger partial charge in [0.1, 0.15) is 6.42 Å². The molecule has 0 fully saturated rings. The van der Waals surface area contributed by atoms with Gasteiger partial charge in [-0.05, 0) is 30.2 Å². The van der Waals surface area contributed by atoms with E-state index in [1.807, 2.05) is 13.8 Å². The van der Waals surface area contributed by atoms with E-state index >= 15 is 0 Å². The Bertz CT molecular complexity index is 509. The second-order valence-electron chi connectivity index (χ2n) is 4.99. The highest BCUT2D eigenvalue weighted by Crippen LogP contribution is 2.10. The predicted octanol–water partition coefficient (Wildman–Crippen LogP) is 1.57. The lowest BCUT2D eigenvalue weighted by Gasteiger charge is -2.08. The normalized spacial score (nSPS) is 10.1. The quantitative estimate of drug-likeness (QED) is 0.616. The van der Waals surface area contributed by atoms with E-state index in [9.17, 15) is 14.4 Å². The Kier molecular flexibility index (Phi) is 6.39. The molecule has 0 aromatic heterocycles. The molecular weight excluding hydrogens is 272 g/mol. The monoisotopic (exact) mass is 292 g/mol. The van der Waals surface area contributed by atoms with Gasteiger partial charge in [0.15, 0.2) is 0 Å². The number of rotatable bonds is 6. The van der Waals surface area contributed by atoms with E-state index in [0.717, 1.165) is 0 Å². The van der Waals surface area contributed by atoms with Crippen LogP contribution in [0.25, 0.3) is 0 Å². The Labute approximate surface area is 123 Å². The summed E-state index contributed by atoms with van der Waals surface area (Å²) in [6, 6.07) is 6.24. The molecule has 6 nitrogen and oxygen atoms in total. The first-order valence-corrected chi connectivity index (χ1v) is 6.67. The minimum absolute atomic E-state index is 0.231. The van der Waals surface area contributed by atoms with E-state index in [1.165, 1.54) is 7.11 Å². The molecule has 0 atom stereocenters. The van der Waals surface area contributed by atoms with Gasteiger partial charge in [0, 0.05) is 12.2 Å². The van der Waals surface area contributed by atoms with Crippen LogP contribution in [0.5, 0.6) is 0 Å². The van der Waals surface area contributed by atoms with Crippen LogP contribution >= 0.6 is 0 Å². The zero-order chi connectivity index (χ0) is 15.8. The summed E-state index contributed by atoms with van der Waals surface area (Å²) < 4.78 is 4.58. The van der Waals surface area contributed by atoms with Crippen molar-refractivity contribution in [2.45, 2.75) is 20.3 Å². The predicted molar refractivity (Wildman–Crippen MR) is 78.9 cm³/mol. The molecule has 0 saturated carbocycles. The number of hydrogen-bond donors (Lipinski definition) is 2. The largest absolute Gasteiger partial charge is 0.465 e. The van der Waals surface area contributed by atoms with Gasteiger partial charge in [-0.1, -0.05) is 13.8 Å². The van der Waals surface area contributed by atoms with E-state index in [-0.39, 0.29) is 12.3 Å². The van der Waals surface area contributed by atoms with Crippen LogP contribution in [-0.2, 0) is 14.3 Å². The molecule has 6 heteroatoms. The maximum Gasteiger partial charge on any atom is 0.337 e. The number of esters is 1. The first kappa shape index (κ1) is 16.7. The van der Waals surface area contributed by atoms with E-state index in [2.05, 4.69) is 15.4 Å². The van der Waals surface area contributed by atoms with Crippen molar-refractivity contribution in [1.82, 2.24) is 5.32 Å². The minimum atomic E-state index is -0.444. The fourth-order valence-electron chi connectivity index (χ4n) is 1.54. The number of benzene rings is 1. The summed E-state index contributed by atoms with van der Waals surface area (Å²) >= 11 is 0. The molecule has 21 heavy (non-hydrogen) atoms. The van der Waals surface area contributed by atoms with Crippen LogP contribution in [0.1, 0.15) is 30.6 Å². The van der Waals surface area contributed by atoms with Gasteiger partial charge in [-0.25, -0.2) is 4.79 Å². The van der Waals surface area contributed by atoms with Gasteiger partial charge < -0.3 is 15.4 Å². The lowest BCUT2D eigenvalue weighted by atomic mass is 10.2. The number of carbonyl (C=O) groups excluding carboxylic acids is 3. The number of anilines is 1. The van der Waals surface area contributed by atoms with Crippen LogP contribution in [0.2, 0.25) is 0 Å². The second kappa shape index (κ2) is 8.04. The molecule has 0 heterocycles. The molecular formula is C15H20N2O4. The van der Waals surface area contributed by atoms with Crippen molar-refractivity contribution >= 4 is 23.5 Å². The molecule has 0 spiro atoms. The molecule has 1 aromatic rings. The summed E-state index contributed by atoms with van der Waals surface area (Å²) in [6.07, 6.45) is -0.231. The molecule has 2 N–H and O–H groups in total. The average Bonchev–Trinajstić information content (AvgIpc) is 2.45. The fraction of sp³-hybridized carbons (Fsp3) is 0.400. The van der Waals surface area contributed by atoms with Crippen molar-refractivity contribution in [3.63, 3.8) is 0 Å². The van der Waals surface area contributed by atoms with Crippen LogP contribution in [0.3, 0.4) is 0 Å². The van der Waals surface area contributed by atoms with Gasteiger partial charge in [0.25, 0.3) is 0 Å². The molecule has 1 aromatic carbocycles. The number of amides is 2. The van der Waals surface area contributed by atoms with Crippen LogP contribution in [0.4, 0.5) is 5.69 Å². The molecule has 2 amide bonds. The van der Waals surface area contributed by atoms with Gasteiger partial charge >= 0.3 is 5.97 Å². The molecule has 0 saturated heterocycles. The Morgan fingerprint density at radius 1 is 1.10 bits per heavy atom. The van der Waals surface area contributed by atoms with Crippen molar-refractivity contribution in [3.05, 3.63) is 29.8 Å². The van der Waals surface area contributed by atoms with Crippen molar-refractivity contribution in [1.29, 1.82) is 0 Å². The second-order valence-corrected chi connectivity index (χ2v) is 4.99. The third-order valence-corrected chi connectivity index (χ3v) is 2.62. The highest BCUT2D eigenvalue weighted by molar-refractivity contribution is 6.03. The standard InChI is InChI=1S/C15H20N2O4/c1-10(2)9-16-13(18)8-14(19)17-12-6-4-11(5-7-12)15(20)21-3/h4-7,10H,8-9H2,1-3H3,(H,16,18)(H,17,19). The molecule has 114 valence electrons. The van der Waals surface area contributed by atoms with Crippen LogP contribution in [-0.4, -0.2) is 31.4 Å². The van der Waals surface area contributed by atoms with Gasteiger partial charge in [-0.2, -0.15) is 0 Å². The maximum absolute atomic E-state index is 11.7. The topological polar surface area (TPSA) is 84.5 Å². The Morgan fingerprint density at radius 3 is 2.24 bits per heavy atom. The number of methoxy groups -OCH3 is 1. The summed E-state index contributed by atoms with van der Waals surface area (Å²) in [5.74, 6) is -0.821. The van der Waals surface area contributed by atoms with Crippen molar-refractivity contribution < 1.29 is 19.1 Å². The average molecular weight is 292 g/mol. The summed E-state index contributed by atoms with van der Waals surface area (Å²) in [5.41, 5.74) is 0.912. The van der Waals surface area contributed by atoms with E-state index < -0.39 is 11.9 Å². The fourth-order valence-corrected chi connectivity index (χ4v) is 1.54. The van der Waals surface area contributed by atoms with Gasteiger partial charge in [-0.3, -0.25) is 9.59 Å². The molecule has 0 radical (unpaired) electrons. The van der Waals surface area contributed by atoms with E-state index in [1.54, 1.807) is 24.3 Å². The van der Waals surface area contributed by atoms with Crippen molar-refractivity contribution in [3.8, 4) is 0 Å². The molecule has 0 aliphatic heterocycles.